The van der Waals surface area contributed by atoms with E-state index >= 15 is 0 Å². The van der Waals surface area contributed by atoms with Gasteiger partial charge in [0.15, 0.2) is 0 Å². The molecule has 0 aromatic heterocycles. The van der Waals surface area contributed by atoms with Gasteiger partial charge in [-0.15, -0.1) is 0 Å². The molecule has 3 aliphatic carbocycles. The van der Waals surface area contributed by atoms with E-state index in [0.29, 0.717) is 0 Å². The first-order chi connectivity index (χ1) is 43.4. The third-order valence-corrected chi connectivity index (χ3v) is 20.3. The van der Waals surface area contributed by atoms with Crippen molar-refractivity contribution in [2.24, 2.45) is 0 Å². The van der Waals surface area contributed by atoms with E-state index in [2.05, 4.69) is 270 Å². The molecular weight excluding hydrogens is 1060 g/mol. The lowest BCUT2D eigenvalue weighted by Crippen LogP contribution is -2.29. The largest absolute Gasteiger partial charge is 0.310 e. The van der Waals surface area contributed by atoms with Crippen molar-refractivity contribution in [3.05, 3.63) is 329 Å². The SMILES string of the molecule is C=Cc1ccc(C2(c3ccc(C=C)cc3)c3ccccc3-c3ccc(N(c4ccc5c(c4)C(CCCCCCCC)(CCCCCCCC)c4ccccc4-5)c4cccc5c4-c4ccccc4C5(c4ccc(C=C)cc4)c4ccc(C=C)cc4)cc32)cc1. The third-order valence-electron chi connectivity index (χ3n) is 20.3. The standard InChI is InChI=1S/C87H83N/c1-7-13-15-17-19-27-58-85(59-28-20-18-16-14-8-2)77-33-24-21-30-72(77)74-56-54-70(60-81(74)85)88(71-55-57-75-73-31-22-25-34-78(73)87(82(75)61-71,68-50-42-64(11-5)43-51-68)69-52-44-65(12-6)45-53-69)83-37-29-36-80-84(83)76-32-23-26-35-79(76)86(80,66-46-38-62(9-3)39-47-66)67-48-40-63(10-4)41-49-67/h9-12,21-26,29-57,60-61H,3-8,13-20,27-28,58-59H2,1-2H3. The summed E-state index contributed by atoms with van der Waals surface area (Å²) in [6.45, 7) is 21.4. The van der Waals surface area contributed by atoms with Crippen LogP contribution in [-0.4, -0.2) is 0 Å². The van der Waals surface area contributed by atoms with Gasteiger partial charge in [-0.05, 0) is 149 Å². The molecular formula is C87H83N. The molecule has 10 aromatic rings. The molecule has 0 spiro atoms. The summed E-state index contributed by atoms with van der Waals surface area (Å²) in [5.41, 5.74) is 27.1. The molecule has 10 aromatic carbocycles. The van der Waals surface area contributed by atoms with Crippen LogP contribution in [0.2, 0.25) is 0 Å². The molecule has 0 N–H and O–H groups in total. The van der Waals surface area contributed by atoms with Crippen molar-refractivity contribution in [2.45, 2.75) is 120 Å². The Hall–Kier alpha value is -9.04. The Kier molecular flexibility index (Phi) is 16.5. The number of anilines is 3. The number of rotatable bonds is 25. The number of nitrogens with zero attached hydrogens (tertiary/aromatic N) is 1. The summed E-state index contributed by atoms with van der Waals surface area (Å²) in [5.74, 6) is 0. The summed E-state index contributed by atoms with van der Waals surface area (Å²) in [6, 6.07) is 86.6. The van der Waals surface area contributed by atoms with Gasteiger partial charge in [0.1, 0.15) is 0 Å². The quantitative estimate of drug-likeness (QED) is 0.0516. The number of hydrogen-bond donors (Lipinski definition) is 0. The summed E-state index contributed by atoms with van der Waals surface area (Å²) < 4.78 is 0. The van der Waals surface area contributed by atoms with Gasteiger partial charge in [-0.2, -0.15) is 0 Å². The number of hydrogen-bond acceptors (Lipinski definition) is 1. The van der Waals surface area contributed by atoms with Crippen molar-refractivity contribution < 1.29 is 0 Å². The summed E-state index contributed by atoms with van der Waals surface area (Å²) in [4.78, 5) is 2.66. The van der Waals surface area contributed by atoms with Gasteiger partial charge in [0.25, 0.3) is 0 Å². The van der Waals surface area contributed by atoms with Crippen molar-refractivity contribution in [3.63, 3.8) is 0 Å². The molecule has 3 aliphatic rings. The molecule has 1 heteroatoms. The lowest BCUT2D eigenvalue weighted by molar-refractivity contribution is 0.398. The first-order valence-corrected chi connectivity index (χ1v) is 32.8. The highest BCUT2D eigenvalue weighted by Gasteiger charge is 2.50. The monoisotopic (exact) mass is 1140 g/mol. The van der Waals surface area contributed by atoms with Gasteiger partial charge in [-0.3, -0.25) is 0 Å². The topological polar surface area (TPSA) is 3.24 Å². The molecule has 0 fully saturated rings. The fraction of sp³-hybridized carbons (Fsp3) is 0.218. The van der Waals surface area contributed by atoms with Gasteiger partial charge >= 0.3 is 0 Å². The summed E-state index contributed by atoms with van der Waals surface area (Å²) in [6.07, 6.45) is 25.4. The first-order valence-electron chi connectivity index (χ1n) is 32.8. The summed E-state index contributed by atoms with van der Waals surface area (Å²) >= 11 is 0. The van der Waals surface area contributed by atoms with Crippen molar-refractivity contribution in [1.82, 2.24) is 0 Å². The molecule has 13 rings (SSSR count). The average molecular weight is 1140 g/mol. The highest BCUT2D eigenvalue weighted by atomic mass is 15.1. The van der Waals surface area contributed by atoms with Crippen molar-refractivity contribution in [2.75, 3.05) is 4.90 Å². The Morgan fingerprint density at radius 3 is 1.12 bits per heavy atom. The molecule has 0 amide bonds. The predicted molar refractivity (Wildman–Crippen MR) is 378 cm³/mol. The zero-order valence-electron chi connectivity index (χ0n) is 51.8. The molecule has 0 bridgehead atoms. The van der Waals surface area contributed by atoms with Gasteiger partial charge in [-0.25, -0.2) is 0 Å². The Morgan fingerprint density at radius 1 is 0.307 bits per heavy atom. The minimum atomic E-state index is -0.661. The molecule has 0 atom stereocenters. The Bertz CT molecular complexity index is 4070. The fourth-order valence-electron chi connectivity index (χ4n) is 16.0. The second-order valence-corrected chi connectivity index (χ2v) is 25.1. The second kappa shape index (κ2) is 25.0. The third kappa shape index (κ3) is 9.70. The molecule has 0 radical (unpaired) electrons. The molecule has 0 unspecified atom stereocenters. The first kappa shape index (κ1) is 58.0. The molecule has 0 saturated heterocycles. The smallest absolute Gasteiger partial charge is 0.0714 e. The van der Waals surface area contributed by atoms with Crippen LogP contribution >= 0.6 is 0 Å². The zero-order chi connectivity index (χ0) is 60.2. The van der Waals surface area contributed by atoms with Gasteiger partial charge in [-0.1, -0.05) is 336 Å². The van der Waals surface area contributed by atoms with Crippen LogP contribution in [0.25, 0.3) is 57.7 Å². The number of fused-ring (bicyclic) bond motifs is 9. The summed E-state index contributed by atoms with van der Waals surface area (Å²) in [7, 11) is 0. The molecule has 0 aliphatic heterocycles. The van der Waals surface area contributed by atoms with Crippen molar-refractivity contribution in [1.29, 1.82) is 0 Å². The van der Waals surface area contributed by atoms with E-state index in [1.54, 1.807) is 0 Å². The summed E-state index contributed by atoms with van der Waals surface area (Å²) in [5, 5.41) is 0. The molecule has 436 valence electrons. The van der Waals surface area contributed by atoms with Gasteiger partial charge < -0.3 is 4.90 Å². The van der Waals surface area contributed by atoms with Crippen LogP contribution in [0.5, 0.6) is 0 Å². The van der Waals surface area contributed by atoms with E-state index in [0.717, 1.165) is 46.5 Å². The molecule has 88 heavy (non-hydrogen) atoms. The Balaban J connectivity index is 1.09. The van der Waals surface area contributed by atoms with Crippen LogP contribution in [0.15, 0.2) is 251 Å². The van der Waals surface area contributed by atoms with E-state index in [9.17, 15) is 0 Å². The van der Waals surface area contributed by atoms with E-state index in [4.69, 9.17) is 0 Å². The van der Waals surface area contributed by atoms with Gasteiger partial charge in [0.2, 0.25) is 0 Å². The fourth-order valence-corrected chi connectivity index (χ4v) is 16.0. The maximum Gasteiger partial charge on any atom is 0.0714 e. The van der Waals surface area contributed by atoms with E-state index in [1.807, 2.05) is 24.3 Å². The van der Waals surface area contributed by atoms with Gasteiger partial charge in [0.05, 0.1) is 16.5 Å². The maximum atomic E-state index is 4.19. The molecule has 1 nitrogen and oxygen atoms in total. The average Bonchev–Trinajstić information content (AvgIpc) is 1.83. The van der Waals surface area contributed by atoms with E-state index in [1.165, 1.54) is 172 Å². The minimum Gasteiger partial charge on any atom is -0.310 e. The zero-order valence-corrected chi connectivity index (χ0v) is 51.8. The van der Waals surface area contributed by atoms with Crippen LogP contribution in [-0.2, 0) is 16.2 Å². The van der Waals surface area contributed by atoms with Crippen LogP contribution in [0.1, 0.15) is 182 Å². The minimum absolute atomic E-state index is 0.122. The highest BCUT2D eigenvalue weighted by Crippen LogP contribution is 2.63. The van der Waals surface area contributed by atoms with Crippen molar-refractivity contribution >= 4 is 41.4 Å². The highest BCUT2D eigenvalue weighted by molar-refractivity contribution is 5.99. The van der Waals surface area contributed by atoms with E-state index < -0.39 is 10.8 Å². The normalized spacial score (nSPS) is 14.0. The number of benzene rings is 10. The van der Waals surface area contributed by atoms with Crippen LogP contribution in [0.3, 0.4) is 0 Å². The lowest BCUT2D eigenvalue weighted by atomic mass is 9.67. The van der Waals surface area contributed by atoms with Gasteiger partial charge in [0, 0.05) is 22.4 Å². The van der Waals surface area contributed by atoms with Crippen LogP contribution in [0, 0.1) is 0 Å². The molecule has 0 saturated carbocycles. The maximum absolute atomic E-state index is 4.19. The van der Waals surface area contributed by atoms with Crippen LogP contribution in [0.4, 0.5) is 17.1 Å². The van der Waals surface area contributed by atoms with Crippen LogP contribution < -0.4 is 4.90 Å². The van der Waals surface area contributed by atoms with E-state index in [-0.39, 0.29) is 5.41 Å². The van der Waals surface area contributed by atoms with Crippen molar-refractivity contribution in [3.8, 4) is 33.4 Å². The lowest BCUT2D eigenvalue weighted by Gasteiger charge is -2.36. The molecule has 0 heterocycles. The second-order valence-electron chi connectivity index (χ2n) is 25.1. The Labute approximate surface area is 525 Å². The number of unbranched alkanes of at least 4 members (excludes halogenated alkanes) is 10. The predicted octanol–water partition coefficient (Wildman–Crippen LogP) is 24.2. The Morgan fingerprint density at radius 2 is 0.659 bits per heavy atom.